The fraction of sp³-hybridized carbons (Fsp3) is 0.333. The van der Waals surface area contributed by atoms with E-state index in [0.717, 1.165) is 26.2 Å². The lowest BCUT2D eigenvalue weighted by Crippen LogP contribution is -2.44. The molecule has 4 rings (SSSR count). The number of hydrogen-bond donors (Lipinski definition) is 2. The maximum absolute atomic E-state index is 12.3. The average molecular weight is 353 g/mol. The second-order valence-electron chi connectivity index (χ2n) is 5.62. The normalized spacial score (nSPS) is 15.7. The smallest absolute Gasteiger partial charge is 0.406 e. The first kappa shape index (κ1) is 15.8. The summed E-state index contributed by atoms with van der Waals surface area (Å²) in [6.07, 6.45) is -4.73. The molecule has 1 aliphatic heterocycles. The standard InChI is InChI=1S/C15H14F3N5O2/c16-15(17,18)24-10-2-1-9-7-12(20-11(9)8-10)13-21-14(22-25-13)23-5-3-19-4-6-23/h1-2,7-8,19-20H,3-6H2. The van der Waals surface area contributed by atoms with Crippen LogP contribution in [-0.2, 0) is 0 Å². The van der Waals surface area contributed by atoms with E-state index in [0.29, 0.717) is 22.5 Å². The molecule has 1 fully saturated rings. The molecule has 0 amide bonds. The van der Waals surface area contributed by atoms with E-state index >= 15 is 0 Å². The molecule has 0 aliphatic carbocycles. The maximum atomic E-state index is 12.3. The number of hydrogen-bond acceptors (Lipinski definition) is 6. The Morgan fingerprint density at radius 3 is 2.72 bits per heavy atom. The van der Waals surface area contributed by atoms with Gasteiger partial charge in [-0.2, -0.15) is 4.98 Å². The molecule has 0 unspecified atom stereocenters. The number of nitrogens with one attached hydrogen (secondary N) is 2. The van der Waals surface area contributed by atoms with Crippen molar-refractivity contribution < 1.29 is 22.4 Å². The molecule has 2 aromatic heterocycles. The van der Waals surface area contributed by atoms with Gasteiger partial charge in [0.15, 0.2) is 0 Å². The van der Waals surface area contributed by atoms with Crippen molar-refractivity contribution in [1.82, 2.24) is 20.4 Å². The summed E-state index contributed by atoms with van der Waals surface area (Å²) in [4.78, 5) is 9.34. The van der Waals surface area contributed by atoms with Crippen molar-refractivity contribution in [2.24, 2.45) is 0 Å². The molecule has 7 nitrogen and oxygen atoms in total. The number of aromatic amines is 1. The first-order valence-electron chi connectivity index (χ1n) is 7.66. The predicted molar refractivity (Wildman–Crippen MR) is 83.4 cm³/mol. The molecular weight excluding hydrogens is 339 g/mol. The predicted octanol–water partition coefficient (Wildman–Crippen LogP) is 2.53. The van der Waals surface area contributed by atoms with Crippen LogP contribution in [0.25, 0.3) is 22.5 Å². The van der Waals surface area contributed by atoms with Gasteiger partial charge in [-0.3, -0.25) is 0 Å². The Labute approximate surface area is 139 Å². The van der Waals surface area contributed by atoms with Crippen molar-refractivity contribution in [3.05, 3.63) is 24.3 Å². The molecule has 3 aromatic rings. The quantitative estimate of drug-likeness (QED) is 0.753. The SMILES string of the molecule is FC(F)(F)Oc1ccc2cc(-c3nc(N4CCNCC4)no3)[nH]c2c1. The number of rotatable bonds is 3. The molecule has 3 heterocycles. The van der Waals surface area contributed by atoms with E-state index in [1.807, 2.05) is 4.90 Å². The van der Waals surface area contributed by atoms with E-state index in [1.165, 1.54) is 18.2 Å². The number of nitrogens with zero attached hydrogens (tertiary/aromatic N) is 3. The first-order valence-corrected chi connectivity index (χ1v) is 7.66. The van der Waals surface area contributed by atoms with Crippen LogP contribution in [0.3, 0.4) is 0 Å². The Morgan fingerprint density at radius 1 is 1.16 bits per heavy atom. The summed E-state index contributed by atoms with van der Waals surface area (Å²) in [6, 6.07) is 5.80. The van der Waals surface area contributed by atoms with Gasteiger partial charge in [-0.1, -0.05) is 0 Å². The van der Waals surface area contributed by atoms with Crippen molar-refractivity contribution in [2.75, 3.05) is 31.1 Å². The van der Waals surface area contributed by atoms with Gasteiger partial charge in [0.25, 0.3) is 11.8 Å². The molecule has 0 bridgehead atoms. The zero-order valence-corrected chi connectivity index (χ0v) is 12.9. The minimum atomic E-state index is -4.73. The monoisotopic (exact) mass is 353 g/mol. The lowest BCUT2D eigenvalue weighted by molar-refractivity contribution is -0.274. The molecule has 0 spiro atoms. The fourth-order valence-corrected chi connectivity index (χ4v) is 2.74. The Morgan fingerprint density at radius 2 is 1.96 bits per heavy atom. The molecule has 0 saturated carbocycles. The highest BCUT2D eigenvalue weighted by molar-refractivity contribution is 5.85. The van der Waals surface area contributed by atoms with Gasteiger partial charge in [0.05, 0.1) is 0 Å². The summed E-state index contributed by atoms with van der Waals surface area (Å²) in [5.74, 6) is 0.486. The zero-order valence-electron chi connectivity index (χ0n) is 12.9. The first-order chi connectivity index (χ1) is 12.0. The Hall–Kier alpha value is -2.75. The highest BCUT2D eigenvalue weighted by Gasteiger charge is 2.31. The lowest BCUT2D eigenvalue weighted by atomic mass is 10.2. The Bertz CT molecular complexity index is 883. The lowest BCUT2D eigenvalue weighted by Gasteiger charge is -2.25. The molecule has 1 aliphatic rings. The summed E-state index contributed by atoms with van der Waals surface area (Å²) >= 11 is 0. The molecule has 0 radical (unpaired) electrons. The van der Waals surface area contributed by atoms with Gasteiger partial charge in [-0.25, -0.2) is 0 Å². The van der Waals surface area contributed by atoms with E-state index in [1.54, 1.807) is 6.07 Å². The van der Waals surface area contributed by atoms with Gasteiger partial charge >= 0.3 is 6.36 Å². The molecular formula is C15H14F3N5O2. The minimum Gasteiger partial charge on any atom is -0.406 e. The number of halogens is 3. The molecule has 0 atom stereocenters. The summed E-state index contributed by atoms with van der Waals surface area (Å²) in [7, 11) is 0. The molecule has 25 heavy (non-hydrogen) atoms. The van der Waals surface area contributed by atoms with Gasteiger partial charge in [0, 0.05) is 43.1 Å². The molecule has 132 valence electrons. The number of H-pyrrole nitrogens is 1. The number of alkyl halides is 3. The van der Waals surface area contributed by atoms with Crippen LogP contribution < -0.4 is 15.0 Å². The second kappa shape index (κ2) is 5.96. The third-order valence-electron chi connectivity index (χ3n) is 3.87. The number of piperazine rings is 1. The summed E-state index contributed by atoms with van der Waals surface area (Å²) in [6.45, 7) is 3.25. The second-order valence-corrected chi connectivity index (χ2v) is 5.62. The van der Waals surface area contributed by atoms with Crippen LogP contribution in [0.4, 0.5) is 19.1 Å². The third kappa shape index (κ3) is 3.38. The van der Waals surface area contributed by atoms with Crippen LogP contribution in [-0.4, -0.2) is 47.7 Å². The van der Waals surface area contributed by atoms with Crippen LogP contribution in [0.2, 0.25) is 0 Å². The van der Waals surface area contributed by atoms with E-state index in [9.17, 15) is 13.2 Å². The fourth-order valence-electron chi connectivity index (χ4n) is 2.74. The number of benzene rings is 1. The number of ether oxygens (including phenoxy) is 1. The number of anilines is 1. The molecule has 10 heteroatoms. The van der Waals surface area contributed by atoms with Crippen LogP contribution >= 0.6 is 0 Å². The average Bonchev–Trinajstić information content (AvgIpc) is 3.20. The van der Waals surface area contributed by atoms with Crippen molar-refractivity contribution >= 4 is 16.9 Å². The van der Waals surface area contributed by atoms with Gasteiger partial charge < -0.3 is 24.5 Å². The summed E-state index contributed by atoms with van der Waals surface area (Å²) < 4.78 is 46.2. The Balaban J connectivity index is 1.60. The van der Waals surface area contributed by atoms with Crippen molar-refractivity contribution in [3.63, 3.8) is 0 Å². The topological polar surface area (TPSA) is 79.2 Å². The molecule has 1 saturated heterocycles. The molecule has 1 aromatic carbocycles. The highest BCUT2D eigenvalue weighted by Crippen LogP contribution is 2.29. The number of aromatic nitrogens is 3. The van der Waals surface area contributed by atoms with Crippen molar-refractivity contribution in [1.29, 1.82) is 0 Å². The van der Waals surface area contributed by atoms with E-state index in [4.69, 9.17) is 4.52 Å². The summed E-state index contributed by atoms with van der Waals surface area (Å²) in [5.41, 5.74) is 1.02. The van der Waals surface area contributed by atoms with Crippen LogP contribution in [0.5, 0.6) is 5.75 Å². The van der Waals surface area contributed by atoms with Gasteiger partial charge in [-0.05, 0) is 23.4 Å². The van der Waals surface area contributed by atoms with Gasteiger partial charge in [0.2, 0.25) is 0 Å². The van der Waals surface area contributed by atoms with E-state index in [2.05, 4.69) is 25.2 Å². The maximum Gasteiger partial charge on any atom is 0.573 e. The van der Waals surface area contributed by atoms with Gasteiger partial charge in [0.1, 0.15) is 11.4 Å². The minimum absolute atomic E-state index is 0.281. The zero-order chi connectivity index (χ0) is 17.4. The highest BCUT2D eigenvalue weighted by atomic mass is 19.4. The van der Waals surface area contributed by atoms with Crippen molar-refractivity contribution in [3.8, 4) is 17.3 Å². The Kier molecular flexibility index (Phi) is 3.75. The van der Waals surface area contributed by atoms with Crippen LogP contribution in [0.1, 0.15) is 0 Å². The molecule has 2 N–H and O–H groups in total. The largest absolute Gasteiger partial charge is 0.573 e. The van der Waals surface area contributed by atoms with Gasteiger partial charge in [-0.15, -0.1) is 13.2 Å². The van der Waals surface area contributed by atoms with Crippen LogP contribution in [0, 0.1) is 0 Å². The van der Waals surface area contributed by atoms with E-state index < -0.39 is 6.36 Å². The third-order valence-corrected chi connectivity index (χ3v) is 3.87. The summed E-state index contributed by atoms with van der Waals surface area (Å²) in [5, 5.41) is 7.92. The van der Waals surface area contributed by atoms with E-state index in [-0.39, 0.29) is 11.6 Å². The van der Waals surface area contributed by atoms with Crippen molar-refractivity contribution in [2.45, 2.75) is 6.36 Å². The van der Waals surface area contributed by atoms with Crippen LogP contribution in [0.15, 0.2) is 28.8 Å². The number of fused-ring (bicyclic) bond motifs is 1.